The molecule has 15 heavy (non-hydrogen) atoms. The van der Waals surface area contributed by atoms with E-state index in [1.807, 2.05) is 13.8 Å². The van der Waals surface area contributed by atoms with Gasteiger partial charge in [0.15, 0.2) is 0 Å². The molecule has 0 aliphatic heterocycles. The zero-order valence-electron chi connectivity index (χ0n) is 8.83. The summed E-state index contributed by atoms with van der Waals surface area (Å²) in [6.07, 6.45) is 3.27. The van der Waals surface area contributed by atoms with Crippen molar-refractivity contribution in [3.8, 4) is 0 Å². The van der Waals surface area contributed by atoms with E-state index in [2.05, 4.69) is 32.9 Å². The summed E-state index contributed by atoms with van der Waals surface area (Å²) in [4.78, 5) is 11.7. The van der Waals surface area contributed by atoms with Gasteiger partial charge in [-0.25, -0.2) is 4.68 Å². The molecule has 1 rings (SSSR count). The number of allylic oxidation sites excluding steroid dienone is 1. The van der Waals surface area contributed by atoms with Gasteiger partial charge in [0.25, 0.3) is 5.56 Å². The molecule has 0 amide bonds. The van der Waals surface area contributed by atoms with E-state index in [1.54, 1.807) is 12.3 Å². The van der Waals surface area contributed by atoms with Crippen LogP contribution in [-0.4, -0.2) is 15.8 Å². The Bertz CT molecular complexity index is 412. The Morgan fingerprint density at radius 2 is 2.40 bits per heavy atom. The summed E-state index contributed by atoms with van der Waals surface area (Å²) in [5, 5.41) is 7.16. The zero-order chi connectivity index (χ0) is 11.4. The molecule has 1 N–H and O–H groups in total. The summed E-state index contributed by atoms with van der Waals surface area (Å²) in [7, 11) is 0. The van der Waals surface area contributed by atoms with Gasteiger partial charge in [-0.2, -0.15) is 5.10 Å². The van der Waals surface area contributed by atoms with Crippen LogP contribution >= 0.6 is 15.9 Å². The first-order valence-corrected chi connectivity index (χ1v) is 5.48. The van der Waals surface area contributed by atoms with Crippen molar-refractivity contribution in [2.24, 2.45) is 0 Å². The van der Waals surface area contributed by atoms with Crippen LogP contribution in [0.4, 0.5) is 5.69 Å². The van der Waals surface area contributed by atoms with E-state index in [0.717, 1.165) is 5.69 Å². The Balaban J connectivity index is 3.09. The van der Waals surface area contributed by atoms with Gasteiger partial charge in [0.05, 0.1) is 18.4 Å². The van der Waals surface area contributed by atoms with Crippen LogP contribution in [0, 0.1) is 0 Å². The molecule has 0 fully saturated rings. The van der Waals surface area contributed by atoms with Gasteiger partial charge in [0.2, 0.25) is 0 Å². The third kappa shape index (κ3) is 2.92. The SMILES string of the molecule is C=CCn1ncc(NC(C)C)c(Br)c1=O. The number of halogens is 1. The summed E-state index contributed by atoms with van der Waals surface area (Å²) in [5.41, 5.74) is 0.566. The zero-order valence-corrected chi connectivity index (χ0v) is 10.4. The standard InChI is InChI=1S/C10H14BrN3O/c1-4-5-14-10(15)9(11)8(6-12-14)13-7(2)3/h4,6-7,13H,1,5H2,2-3H3. The number of hydrogen-bond acceptors (Lipinski definition) is 3. The van der Waals surface area contributed by atoms with E-state index in [4.69, 9.17) is 0 Å². The first-order valence-electron chi connectivity index (χ1n) is 4.69. The molecule has 1 aromatic heterocycles. The Hall–Kier alpha value is -1.10. The molecule has 1 aromatic rings. The van der Waals surface area contributed by atoms with E-state index in [1.165, 1.54) is 4.68 Å². The molecular formula is C10H14BrN3O. The smallest absolute Gasteiger partial charge is 0.283 e. The van der Waals surface area contributed by atoms with Crippen LogP contribution in [0.2, 0.25) is 0 Å². The molecule has 0 saturated carbocycles. The third-order valence-corrected chi connectivity index (χ3v) is 2.50. The fraction of sp³-hybridized carbons (Fsp3) is 0.400. The molecule has 4 nitrogen and oxygen atoms in total. The van der Waals surface area contributed by atoms with Gasteiger partial charge in [0, 0.05) is 6.04 Å². The highest BCUT2D eigenvalue weighted by Crippen LogP contribution is 2.16. The highest BCUT2D eigenvalue weighted by atomic mass is 79.9. The topological polar surface area (TPSA) is 46.9 Å². The minimum absolute atomic E-state index is 0.152. The van der Waals surface area contributed by atoms with Crippen molar-refractivity contribution in [1.82, 2.24) is 9.78 Å². The van der Waals surface area contributed by atoms with Crippen LogP contribution in [0.1, 0.15) is 13.8 Å². The minimum Gasteiger partial charge on any atom is -0.380 e. The van der Waals surface area contributed by atoms with Crippen LogP contribution in [0.3, 0.4) is 0 Å². The number of rotatable bonds is 4. The molecule has 0 aliphatic rings. The highest BCUT2D eigenvalue weighted by molar-refractivity contribution is 9.10. The lowest BCUT2D eigenvalue weighted by Crippen LogP contribution is -2.25. The number of nitrogens with one attached hydrogen (secondary N) is 1. The van der Waals surface area contributed by atoms with Crippen molar-refractivity contribution >= 4 is 21.6 Å². The lowest BCUT2D eigenvalue weighted by atomic mass is 10.3. The van der Waals surface area contributed by atoms with Gasteiger partial charge in [-0.15, -0.1) is 6.58 Å². The molecule has 0 aliphatic carbocycles. The third-order valence-electron chi connectivity index (χ3n) is 1.73. The Kier molecular flexibility index (Phi) is 4.08. The van der Waals surface area contributed by atoms with Gasteiger partial charge in [-0.1, -0.05) is 6.08 Å². The minimum atomic E-state index is -0.152. The molecule has 0 bridgehead atoms. The van der Waals surface area contributed by atoms with E-state index in [9.17, 15) is 4.79 Å². The fourth-order valence-corrected chi connectivity index (χ4v) is 1.55. The maximum Gasteiger partial charge on any atom is 0.283 e. The monoisotopic (exact) mass is 271 g/mol. The normalized spacial score (nSPS) is 10.4. The summed E-state index contributed by atoms with van der Waals surface area (Å²) < 4.78 is 1.86. The number of hydrogen-bond donors (Lipinski definition) is 1. The van der Waals surface area contributed by atoms with Crippen LogP contribution in [0.25, 0.3) is 0 Å². The maximum atomic E-state index is 11.7. The van der Waals surface area contributed by atoms with E-state index < -0.39 is 0 Å². The van der Waals surface area contributed by atoms with Gasteiger partial charge >= 0.3 is 0 Å². The number of nitrogens with zero attached hydrogens (tertiary/aromatic N) is 2. The van der Waals surface area contributed by atoms with Crippen molar-refractivity contribution in [2.75, 3.05) is 5.32 Å². The van der Waals surface area contributed by atoms with Gasteiger partial charge in [0.1, 0.15) is 4.47 Å². The Morgan fingerprint density at radius 1 is 1.73 bits per heavy atom. The first-order chi connectivity index (χ1) is 7.06. The van der Waals surface area contributed by atoms with Crippen LogP contribution < -0.4 is 10.9 Å². The number of aromatic nitrogens is 2. The predicted molar refractivity (Wildman–Crippen MR) is 65.2 cm³/mol. The fourth-order valence-electron chi connectivity index (χ4n) is 1.13. The van der Waals surface area contributed by atoms with Crippen LogP contribution in [0.5, 0.6) is 0 Å². The summed E-state index contributed by atoms with van der Waals surface area (Å²) in [6.45, 7) is 7.99. The van der Waals surface area contributed by atoms with Crippen LogP contribution in [0.15, 0.2) is 28.1 Å². The lowest BCUT2D eigenvalue weighted by molar-refractivity contribution is 0.648. The number of anilines is 1. The Morgan fingerprint density at radius 3 is 2.93 bits per heavy atom. The molecule has 1 heterocycles. The summed E-state index contributed by atoms with van der Waals surface area (Å²) in [5.74, 6) is 0. The second-order valence-electron chi connectivity index (χ2n) is 3.45. The second kappa shape index (κ2) is 5.11. The molecule has 0 atom stereocenters. The van der Waals surface area contributed by atoms with Crippen molar-refractivity contribution < 1.29 is 0 Å². The Labute approximate surface area is 97.1 Å². The molecule has 0 spiro atoms. The molecule has 5 heteroatoms. The molecular weight excluding hydrogens is 258 g/mol. The quantitative estimate of drug-likeness (QED) is 0.853. The van der Waals surface area contributed by atoms with Crippen molar-refractivity contribution in [3.63, 3.8) is 0 Å². The van der Waals surface area contributed by atoms with Crippen molar-refractivity contribution in [3.05, 3.63) is 33.7 Å². The van der Waals surface area contributed by atoms with Gasteiger partial charge in [-0.05, 0) is 29.8 Å². The lowest BCUT2D eigenvalue weighted by Gasteiger charge is -2.11. The van der Waals surface area contributed by atoms with Crippen LogP contribution in [-0.2, 0) is 6.54 Å². The summed E-state index contributed by atoms with van der Waals surface area (Å²) >= 11 is 3.26. The average molecular weight is 272 g/mol. The van der Waals surface area contributed by atoms with Crippen molar-refractivity contribution in [2.45, 2.75) is 26.4 Å². The highest BCUT2D eigenvalue weighted by Gasteiger charge is 2.08. The maximum absolute atomic E-state index is 11.7. The largest absolute Gasteiger partial charge is 0.380 e. The van der Waals surface area contributed by atoms with Crippen molar-refractivity contribution in [1.29, 1.82) is 0 Å². The second-order valence-corrected chi connectivity index (χ2v) is 4.24. The summed E-state index contributed by atoms with van der Waals surface area (Å²) in [6, 6.07) is 0.262. The molecule has 82 valence electrons. The first kappa shape index (κ1) is 12.0. The van der Waals surface area contributed by atoms with E-state index in [0.29, 0.717) is 11.0 Å². The molecule has 0 aromatic carbocycles. The van der Waals surface area contributed by atoms with Gasteiger partial charge in [-0.3, -0.25) is 4.79 Å². The van der Waals surface area contributed by atoms with E-state index >= 15 is 0 Å². The van der Waals surface area contributed by atoms with Gasteiger partial charge < -0.3 is 5.32 Å². The average Bonchev–Trinajstić information content (AvgIpc) is 2.17. The molecule has 0 saturated heterocycles. The molecule has 0 unspecified atom stereocenters. The molecule has 0 radical (unpaired) electrons. The predicted octanol–water partition coefficient (Wildman–Crippen LogP) is 2.01. The van der Waals surface area contributed by atoms with E-state index in [-0.39, 0.29) is 11.6 Å².